The molecule has 4 aromatic rings. The van der Waals surface area contributed by atoms with Gasteiger partial charge in [0.1, 0.15) is 11.5 Å². The number of ketones is 2. The highest BCUT2D eigenvalue weighted by molar-refractivity contribution is 9.10. The molecule has 1 aromatic heterocycles. The molecule has 1 spiro atoms. The number of para-hydroxylation sites is 2. The largest absolute Gasteiger partial charge is 0.352 e. The minimum Gasteiger partial charge on any atom is -0.352 e. The number of nitrogens with one attached hydrogen (secondary N) is 1. The molecule has 3 aliphatic heterocycles. The second-order valence-corrected chi connectivity index (χ2v) is 11.0. The van der Waals surface area contributed by atoms with E-state index in [1.165, 1.54) is 6.20 Å². The van der Waals surface area contributed by atoms with Gasteiger partial charge in [-0.25, -0.2) is 0 Å². The molecule has 6 nitrogen and oxygen atoms in total. The van der Waals surface area contributed by atoms with Crippen LogP contribution in [0.25, 0.3) is 6.08 Å². The molecule has 0 unspecified atom stereocenters. The number of hydrogen-bond donors (Lipinski definition) is 1. The maximum absolute atomic E-state index is 14.6. The molecule has 4 atom stereocenters. The van der Waals surface area contributed by atoms with Crippen molar-refractivity contribution < 1.29 is 14.4 Å². The minimum atomic E-state index is -1.33. The molecule has 4 heterocycles. The number of halogens is 1. The van der Waals surface area contributed by atoms with Crippen LogP contribution in [0, 0.1) is 5.92 Å². The van der Waals surface area contributed by atoms with Crippen LogP contribution in [0.15, 0.2) is 108 Å². The SMILES string of the molecule is O=C(c1cccnc1)[C@@H]1[C@H](C(=O)c2ccc(Br)cc2)N2c3ccccc3C=C[C@H]2[C@@]12C(=O)Nc1ccccc12. The summed E-state index contributed by atoms with van der Waals surface area (Å²) in [5.74, 6) is -1.79. The number of nitrogens with zero attached hydrogens (tertiary/aromatic N) is 2. The van der Waals surface area contributed by atoms with Gasteiger partial charge in [-0.15, -0.1) is 0 Å². The van der Waals surface area contributed by atoms with Crippen LogP contribution in [0.3, 0.4) is 0 Å². The summed E-state index contributed by atoms with van der Waals surface area (Å²) in [7, 11) is 0. The lowest BCUT2D eigenvalue weighted by Crippen LogP contribution is -2.51. The van der Waals surface area contributed by atoms with Crippen molar-refractivity contribution in [1.29, 1.82) is 0 Å². The fourth-order valence-electron chi connectivity index (χ4n) is 6.59. The Hall–Kier alpha value is -4.36. The van der Waals surface area contributed by atoms with Gasteiger partial charge in [0, 0.05) is 39.4 Å². The monoisotopic (exact) mass is 575 g/mol. The topological polar surface area (TPSA) is 79.4 Å². The zero-order chi connectivity index (χ0) is 26.7. The molecule has 190 valence electrons. The average molecular weight is 576 g/mol. The van der Waals surface area contributed by atoms with Crippen molar-refractivity contribution in [3.05, 3.63) is 130 Å². The Morgan fingerprint density at radius 3 is 2.44 bits per heavy atom. The molecule has 7 heteroatoms. The van der Waals surface area contributed by atoms with Crippen LogP contribution in [-0.2, 0) is 10.2 Å². The summed E-state index contributed by atoms with van der Waals surface area (Å²) in [6.45, 7) is 0. The van der Waals surface area contributed by atoms with E-state index in [0.29, 0.717) is 16.8 Å². The summed E-state index contributed by atoms with van der Waals surface area (Å²) >= 11 is 3.45. The Kier molecular flexibility index (Phi) is 5.39. The van der Waals surface area contributed by atoms with Crippen molar-refractivity contribution in [2.45, 2.75) is 17.5 Å². The molecule has 3 aromatic carbocycles. The number of fused-ring (bicyclic) bond motifs is 6. The molecule has 0 aliphatic carbocycles. The molecule has 1 fully saturated rings. The van der Waals surface area contributed by atoms with Crippen LogP contribution in [0.4, 0.5) is 11.4 Å². The zero-order valence-corrected chi connectivity index (χ0v) is 22.2. The summed E-state index contributed by atoms with van der Waals surface area (Å²) < 4.78 is 0.846. The molecule has 1 amide bonds. The van der Waals surface area contributed by atoms with Crippen molar-refractivity contribution in [2.24, 2.45) is 5.92 Å². The van der Waals surface area contributed by atoms with Crippen LogP contribution < -0.4 is 10.2 Å². The quantitative estimate of drug-likeness (QED) is 0.316. The lowest BCUT2D eigenvalue weighted by molar-refractivity contribution is -0.121. The van der Waals surface area contributed by atoms with Crippen molar-refractivity contribution in [2.75, 3.05) is 10.2 Å². The molecular formula is C32H22BrN3O3. The summed E-state index contributed by atoms with van der Waals surface area (Å²) in [4.78, 5) is 49.6. The first kappa shape index (κ1) is 23.7. The van der Waals surface area contributed by atoms with Crippen molar-refractivity contribution in [1.82, 2.24) is 4.98 Å². The summed E-state index contributed by atoms with van der Waals surface area (Å²) in [6, 6.07) is 24.3. The fourth-order valence-corrected chi connectivity index (χ4v) is 6.86. The van der Waals surface area contributed by atoms with E-state index in [1.807, 2.05) is 77.7 Å². The van der Waals surface area contributed by atoms with E-state index in [-0.39, 0.29) is 17.5 Å². The van der Waals surface area contributed by atoms with Gasteiger partial charge >= 0.3 is 0 Å². The Labute approximate surface area is 233 Å². The third-order valence-corrected chi connectivity index (χ3v) is 8.70. The Bertz CT molecular complexity index is 1680. The van der Waals surface area contributed by atoms with Gasteiger partial charge in [-0.3, -0.25) is 19.4 Å². The van der Waals surface area contributed by atoms with Gasteiger partial charge in [-0.05, 0) is 47.5 Å². The lowest BCUT2D eigenvalue weighted by atomic mass is 9.64. The maximum Gasteiger partial charge on any atom is 0.238 e. The van der Waals surface area contributed by atoms with E-state index < -0.39 is 23.4 Å². The molecule has 1 N–H and O–H groups in total. The van der Waals surface area contributed by atoms with E-state index in [4.69, 9.17) is 0 Å². The van der Waals surface area contributed by atoms with Crippen molar-refractivity contribution in [3.8, 4) is 0 Å². The first-order valence-electron chi connectivity index (χ1n) is 12.7. The van der Waals surface area contributed by atoms with E-state index in [0.717, 1.165) is 21.3 Å². The molecule has 0 radical (unpaired) electrons. The molecule has 0 saturated carbocycles. The standard InChI is InChI=1S/C32H22BrN3O3/c33-22-14-11-20(12-15-22)30(38)28-27(29(37)21-7-5-17-34-18-21)32(23-8-2-3-9-24(23)35-31(32)39)26-16-13-19-6-1-4-10-25(19)36(26)28/h1-18,26-28H,(H,35,39)/t26-,27-,28+,32+/m0/s1. The Morgan fingerprint density at radius 1 is 0.872 bits per heavy atom. The first-order valence-corrected chi connectivity index (χ1v) is 13.5. The summed E-state index contributed by atoms with van der Waals surface area (Å²) in [5.41, 5.74) is 2.64. The maximum atomic E-state index is 14.6. The van der Waals surface area contributed by atoms with Crippen LogP contribution in [0.2, 0.25) is 0 Å². The number of anilines is 2. The van der Waals surface area contributed by atoms with Gasteiger partial charge in [0.2, 0.25) is 5.91 Å². The van der Waals surface area contributed by atoms with Gasteiger partial charge in [0.05, 0.1) is 12.0 Å². The number of carbonyl (C=O) groups is 3. The lowest BCUT2D eigenvalue weighted by Gasteiger charge is -2.37. The van der Waals surface area contributed by atoms with Gasteiger partial charge < -0.3 is 10.2 Å². The third-order valence-electron chi connectivity index (χ3n) is 8.17. The molecule has 3 aliphatic rings. The number of pyridine rings is 1. The first-order chi connectivity index (χ1) is 19.0. The van der Waals surface area contributed by atoms with Crippen molar-refractivity contribution >= 4 is 50.9 Å². The molecular weight excluding hydrogens is 554 g/mol. The number of aromatic nitrogens is 1. The minimum absolute atomic E-state index is 0.214. The third kappa shape index (κ3) is 3.32. The number of Topliss-reactive ketones (excluding diaryl/α,β-unsaturated/α-hetero) is 2. The number of benzene rings is 3. The predicted octanol–water partition coefficient (Wildman–Crippen LogP) is 5.70. The summed E-state index contributed by atoms with van der Waals surface area (Å²) in [6.07, 6.45) is 7.08. The van der Waals surface area contributed by atoms with Crippen molar-refractivity contribution in [3.63, 3.8) is 0 Å². The van der Waals surface area contributed by atoms with Gasteiger partial charge in [0.15, 0.2) is 11.6 Å². The Morgan fingerprint density at radius 2 is 1.64 bits per heavy atom. The normalized spacial score (nSPS) is 24.2. The van der Waals surface area contributed by atoms with E-state index >= 15 is 0 Å². The van der Waals surface area contributed by atoms with Gasteiger partial charge in [-0.1, -0.05) is 76.6 Å². The van der Waals surface area contributed by atoms with E-state index in [2.05, 4.69) is 26.2 Å². The predicted molar refractivity (Wildman–Crippen MR) is 153 cm³/mol. The highest BCUT2D eigenvalue weighted by Crippen LogP contribution is 2.58. The Balaban J connectivity index is 1.54. The van der Waals surface area contributed by atoms with E-state index in [1.54, 1.807) is 30.5 Å². The summed E-state index contributed by atoms with van der Waals surface area (Å²) in [5, 5.41) is 3.05. The second kappa shape index (κ2) is 8.85. The number of rotatable bonds is 4. The number of carbonyl (C=O) groups excluding carboxylic acids is 3. The van der Waals surface area contributed by atoms with Crippen LogP contribution in [0.1, 0.15) is 31.8 Å². The molecule has 7 rings (SSSR count). The van der Waals surface area contributed by atoms with Gasteiger partial charge in [0.25, 0.3) is 0 Å². The molecule has 0 bridgehead atoms. The number of hydrogen-bond acceptors (Lipinski definition) is 5. The van der Waals surface area contributed by atoms with E-state index in [9.17, 15) is 14.4 Å². The smallest absolute Gasteiger partial charge is 0.238 e. The van der Waals surface area contributed by atoms with Gasteiger partial charge in [-0.2, -0.15) is 0 Å². The highest BCUT2D eigenvalue weighted by atomic mass is 79.9. The van der Waals surface area contributed by atoms with Crippen LogP contribution >= 0.6 is 15.9 Å². The van der Waals surface area contributed by atoms with Crippen LogP contribution in [-0.4, -0.2) is 34.5 Å². The zero-order valence-electron chi connectivity index (χ0n) is 20.6. The molecule has 1 saturated heterocycles. The fraction of sp³-hybridized carbons (Fsp3) is 0.125. The van der Waals surface area contributed by atoms with Crippen LogP contribution in [0.5, 0.6) is 0 Å². The second-order valence-electron chi connectivity index (χ2n) is 10.0. The molecule has 39 heavy (non-hydrogen) atoms. The highest BCUT2D eigenvalue weighted by Gasteiger charge is 2.70. The number of amides is 1. The average Bonchev–Trinajstić information content (AvgIpc) is 3.45.